The molecular formula is C27H30F3N2O+. The highest BCUT2D eigenvalue weighted by Gasteiger charge is 2.30. The van der Waals surface area contributed by atoms with Crippen molar-refractivity contribution in [1.82, 2.24) is 0 Å². The van der Waals surface area contributed by atoms with E-state index in [1.54, 1.807) is 6.92 Å². The predicted octanol–water partition coefficient (Wildman–Crippen LogP) is 6.68. The number of pyridine rings is 1. The number of carbonyl (C=O) groups excluding carboxylic acids is 1. The third-order valence-corrected chi connectivity index (χ3v) is 5.82. The summed E-state index contributed by atoms with van der Waals surface area (Å²) in [4.78, 5) is 14.5. The van der Waals surface area contributed by atoms with Crippen LogP contribution in [0.15, 0.2) is 67.0 Å². The first-order valence-corrected chi connectivity index (χ1v) is 11.0. The molecule has 3 aromatic rings. The fourth-order valence-electron chi connectivity index (χ4n) is 3.92. The number of nitrogens with zero attached hydrogens (tertiary/aromatic N) is 2. The van der Waals surface area contributed by atoms with Crippen molar-refractivity contribution in [1.29, 1.82) is 0 Å². The van der Waals surface area contributed by atoms with E-state index in [0.29, 0.717) is 17.9 Å². The van der Waals surface area contributed by atoms with E-state index in [1.165, 1.54) is 12.1 Å². The fraction of sp³-hybridized carbons (Fsp3) is 0.333. The molecule has 1 heterocycles. The Morgan fingerprint density at radius 2 is 1.55 bits per heavy atom. The minimum absolute atomic E-state index is 0.0774. The number of rotatable bonds is 7. The fourth-order valence-corrected chi connectivity index (χ4v) is 3.92. The van der Waals surface area contributed by atoms with E-state index in [-0.39, 0.29) is 11.7 Å². The van der Waals surface area contributed by atoms with Crippen molar-refractivity contribution in [2.45, 2.75) is 39.3 Å². The highest BCUT2D eigenvalue weighted by molar-refractivity contribution is 5.85. The summed E-state index contributed by atoms with van der Waals surface area (Å²) in [7, 11) is 3.88. The lowest BCUT2D eigenvalue weighted by atomic mass is 9.85. The molecule has 1 atom stereocenters. The normalized spacial score (nSPS) is 12.6. The number of aromatic nitrogens is 1. The van der Waals surface area contributed by atoms with Crippen molar-refractivity contribution in [3.8, 4) is 11.1 Å². The van der Waals surface area contributed by atoms with Crippen LogP contribution in [0.4, 0.5) is 24.5 Å². The molecule has 1 aromatic heterocycles. The van der Waals surface area contributed by atoms with Gasteiger partial charge in [0.25, 0.3) is 0 Å². The molecule has 174 valence electrons. The lowest BCUT2D eigenvalue weighted by Gasteiger charge is -2.24. The van der Waals surface area contributed by atoms with Crippen molar-refractivity contribution in [3.05, 3.63) is 78.1 Å². The third kappa shape index (κ3) is 6.01. The van der Waals surface area contributed by atoms with Gasteiger partial charge in [0.1, 0.15) is 12.8 Å². The molecule has 0 aliphatic rings. The largest absolute Gasteiger partial charge is 0.416 e. The molecule has 0 aliphatic carbocycles. The molecule has 0 saturated heterocycles. The minimum atomic E-state index is -4.38. The zero-order valence-corrected chi connectivity index (χ0v) is 19.6. The standard InChI is InChI=1S/C27H30F3N2O/c1-18(2)14-26(19(3)33)22-15-21(20-6-8-23(9-7-20)27(28,29)30)16-25(17-22)32(5)24-10-12-31(4)13-11-24/h6-13,15-18,26H,14H2,1-5H3/q+1. The maximum Gasteiger partial charge on any atom is 0.416 e. The Morgan fingerprint density at radius 1 is 0.939 bits per heavy atom. The second-order valence-corrected chi connectivity index (χ2v) is 8.96. The van der Waals surface area contributed by atoms with Crippen molar-refractivity contribution < 1.29 is 22.5 Å². The number of hydrogen-bond acceptors (Lipinski definition) is 2. The Labute approximate surface area is 193 Å². The van der Waals surface area contributed by atoms with E-state index in [9.17, 15) is 18.0 Å². The summed E-state index contributed by atoms with van der Waals surface area (Å²) in [5.74, 6) is 0.123. The number of ketones is 1. The molecule has 0 saturated carbocycles. The molecule has 0 fully saturated rings. The van der Waals surface area contributed by atoms with Crippen molar-refractivity contribution in [3.63, 3.8) is 0 Å². The Hall–Kier alpha value is -3.15. The number of halogens is 3. The molecule has 3 rings (SSSR count). The molecule has 0 bridgehead atoms. The van der Waals surface area contributed by atoms with E-state index in [4.69, 9.17) is 0 Å². The quantitative estimate of drug-likeness (QED) is 0.371. The Bertz CT molecular complexity index is 1100. The van der Waals surface area contributed by atoms with Gasteiger partial charge in [0.05, 0.1) is 11.3 Å². The van der Waals surface area contributed by atoms with Gasteiger partial charge >= 0.3 is 6.18 Å². The first kappa shape index (κ1) is 24.5. The van der Waals surface area contributed by atoms with Crippen molar-refractivity contribution in [2.75, 3.05) is 11.9 Å². The Kier molecular flexibility index (Phi) is 7.25. The number of alkyl halides is 3. The lowest BCUT2D eigenvalue weighted by Crippen LogP contribution is -2.26. The molecule has 2 aromatic carbocycles. The number of benzene rings is 2. The van der Waals surface area contributed by atoms with Gasteiger partial charge in [0, 0.05) is 30.8 Å². The number of hydrogen-bond donors (Lipinski definition) is 0. The van der Waals surface area contributed by atoms with Crippen LogP contribution in [0.3, 0.4) is 0 Å². The average Bonchev–Trinajstić information content (AvgIpc) is 2.76. The highest BCUT2D eigenvalue weighted by Crippen LogP contribution is 2.36. The number of aryl methyl sites for hydroxylation is 1. The zero-order valence-electron chi connectivity index (χ0n) is 19.6. The third-order valence-electron chi connectivity index (χ3n) is 5.82. The average molecular weight is 456 g/mol. The van der Waals surface area contributed by atoms with E-state index in [1.807, 2.05) is 66.3 Å². The van der Waals surface area contributed by atoms with Gasteiger partial charge in [-0.05, 0) is 60.2 Å². The second-order valence-electron chi connectivity index (χ2n) is 8.96. The van der Waals surface area contributed by atoms with Crippen molar-refractivity contribution in [2.24, 2.45) is 13.0 Å². The first-order chi connectivity index (χ1) is 15.5. The Morgan fingerprint density at radius 3 is 2.06 bits per heavy atom. The van der Waals surface area contributed by atoms with E-state index >= 15 is 0 Å². The van der Waals surface area contributed by atoms with Crippen LogP contribution in [0.5, 0.6) is 0 Å². The summed E-state index contributed by atoms with van der Waals surface area (Å²) in [5, 5.41) is 0. The number of Topliss-reactive ketones (excluding diaryl/α,β-unsaturated/α-hetero) is 1. The van der Waals surface area contributed by atoms with Crippen molar-refractivity contribution >= 4 is 17.2 Å². The van der Waals surface area contributed by atoms with Crippen LogP contribution in [-0.4, -0.2) is 12.8 Å². The molecule has 0 N–H and O–H groups in total. The van der Waals surface area contributed by atoms with Gasteiger partial charge in [-0.2, -0.15) is 13.2 Å². The van der Waals surface area contributed by atoms with E-state index < -0.39 is 11.7 Å². The summed E-state index contributed by atoms with van der Waals surface area (Å²) in [5.41, 5.74) is 3.47. The van der Waals surface area contributed by atoms with Gasteiger partial charge in [-0.3, -0.25) is 4.79 Å². The molecule has 33 heavy (non-hydrogen) atoms. The topological polar surface area (TPSA) is 24.2 Å². The molecule has 0 radical (unpaired) electrons. The first-order valence-electron chi connectivity index (χ1n) is 11.0. The molecular weight excluding hydrogens is 425 g/mol. The molecule has 0 spiro atoms. The molecule has 1 unspecified atom stereocenters. The highest BCUT2D eigenvalue weighted by atomic mass is 19.4. The van der Waals surface area contributed by atoms with Crippen LogP contribution < -0.4 is 9.47 Å². The van der Waals surface area contributed by atoms with Crippen LogP contribution in [0.25, 0.3) is 11.1 Å². The molecule has 0 amide bonds. The molecule has 3 nitrogen and oxygen atoms in total. The number of carbonyl (C=O) groups is 1. The monoisotopic (exact) mass is 455 g/mol. The summed E-state index contributed by atoms with van der Waals surface area (Å²) in [6.45, 7) is 5.75. The van der Waals surface area contributed by atoms with Gasteiger partial charge in [-0.25, -0.2) is 4.57 Å². The van der Waals surface area contributed by atoms with Crippen LogP contribution in [0.1, 0.15) is 44.2 Å². The smallest absolute Gasteiger partial charge is 0.344 e. The SMILES string of the molecule is CC(=O)C(CC(C)C)c1cc(-c2ccc(C(F)(F)F)cc2)cc(N(C)c2cc[n+](C)cc2)c1. The van der Waals surface area contributed by atoms with Gasteiger partial charge in [0.2, 0.25) is 0 Å². The summed E-state index contributed by atoms with van der Waals surface area (Å²) < 4.78 is 41.1. The summed E-state index contributed by atoms with van der Waals surface area (Å²) >= 11 is 0. The summed E-state index contributed by atoms with van der Waals surface area (Å²) in [6, 6.07) is 15.0. The Balaban J connectivity index is 2.12. The maximum absolute atomic E-state index is 13.0. The number of anilines is 2. The van der Waals surface area contributed by atoms with Gasteiger partial charge in [0.15, 0.2) is 12.4 Å². The second kappa shape index (κ2) is 9.77. The van der Waals surface area contributed by atoms with Crippen LogP contribution in [0.2, 0.25) is 0 Å². The van der Waals surface area contributed by atoms with Crippen LogP contribution in [0, 0.1) is 5.92 Å². The van der Waals surface area contributed by atoms with Gasteiger partial charge < -0.3 is 4.90 Å². The van der Waals surface area contributed by atoms with E-state index in [2.05, 4.69) is 13.8 Å². The molecule has 6 heteroatoms. The van der Waals surface area contributed by atoms with Gasteiger partial charge in [-0.1, -0.05) is 32.0 Å². The minimum Gasteiger partial charge on any atom is -0.344 e. The van der Waals surface area contributed by atoms with Crippen LogP contribution in [-0.2, 0) is 18.0 Å². The predicted molar refractivity (Wildman–Crippen MR) is 125 cm³/mol. The lowest BCUT2D eigenvalue weighted by molar-refractivity contribution is -0.671. The summed E-state index contributed by atoms with van der Waals surface area (Å²) in [6.07, 6.45) is 0.218. The maximum atomic E-state index is 13.0. The molecule has 0 aliphatic heterocycles. The zero-order chi connectivity index (χ0) is 24.3. The van der Waals surface area contributed by atoms with Crippen LogP contribution >= 0.6 is 0 Å². The van der Waals surface area contributed by atoms with E-state index in [0.717, 1.165) is 34.6 Å². The van der Waals surface area contributed by atoms with Gasteiger partial charge in [-0.15, -0.1) is 0 Å².